The first kappa shape index (κ1) is 15.7. The molecule has 0 bridgehead atoms. The topological polar surface area (TPSA) is 94.3 Å². The van der Waals surface area contributed by atoms with Crippen LogP contribution >= 0.6 is 11.3 Å². The van der Waals surface area contributed by atoms with Crippen molar-refractivity contribution in [2.24, 2.45) is 0 Å². The highest BCUT2D eigenvalue weighted by atomic mass is 32.2. The highest BCUT2D eigenvalue weighted by Gasteiger charge is 2.20. The number of nitrogen functional groups attached to an aromatic ring is 1. The fourth-order valence-electron chi connectivity index (χ4n) is 1.73. The molecule has 114 valence electrons. The number of ether oxygens (including phenoxy) is 1. The smallest absolute Gasteiger partial charge is 0.244 e. The molecule has 2 rings (SSSR count). The fourth-order valence-corrected chi connectivity index (χ4v) is 3.81. The van der Waals surface area contributed by atoms with Crippen LogP contribution in [0.4, 0.5) is 5.69 Å². The number of nitrogens with zero attached hydrogens (tertiary/aromatic N) is 1. The van der Waals surface area contributed by atoms with Crippen LogP contribution in [-0.4, -0.2) is 20.5 Å². The largest absolute Gasteiger partial charge is 0.495 e. The first-order chi connectivity index (χ1) is 9.96. The number of anilines is 1. The number of sulfonamides is 1. The number of aromatic nitrogens is 1. The highest BCUT2D eigenvalue weighted by Crippen LogP contribution is 2.26. The number of nitrogens with two attached hydrogens (primary N) is 1. The van der Waals surface area contributed by atoms with E-state index in [1.807, 2.05) is 6.92 Å². The van der Waals surface area contributed by atoms with Crippen LogP contribution in [0.5, 0.6) is 5.75 Å². The monoisotopic (exact) mass is 327 g/mol. The second kappa shape index (κ2) is 6.42. The molecular weight excluding hydrogens is 310 g/mol. The van der Waals surface area contributed by atoms with E-state index in [2.05, 4.69) is 9.71 Å². The van der Waals surface area contributed by atoms with Crippen molar-refractivity contribution in [1.29, 1.82) is 0 Å². The first-order valence-electron chi connectivity index (χ1n) is 6.33. The number of rotatable bonds is 6. The van der Waals surface area contributed by atoms with Crippen molar-refractivity contribution in [2.45, 2.75) is 24.8 Å². The van der Waals surface area contributed by atoms with E-state index in [-0.39, 0.29) is 17.2 Å². The predicted molar refractivity (Wildman–Crippen MR) is 82.9 cm³/mol. The molecule has 1 aromatic heterocycles. The van der Waals surface area contributed by atoms with Gasteiger partial charge in [-0.05, 0) is 24.6 Å². The van der Waals surface area contributed by atoms with Gasteiger partial charge in [0.15, 0.2) is 0 Å². The summed E-state index contributed by atoms with van der Waals surface area (Å²) in [7, 11) is -2.29. The van der Waals surface area contributed by atoms with Gasteiger partial charge in [-0.1, -0.05) is 6.92 Å². The Morgan fingerprint density at radius 2 is 2.19 bits per heavy atom. The average molecular weight is 327 g/mol. The number of hydrogen-bond acceptors (Lipinski definition) is 6. The van der Waals surface area contributed by atoms with Crippen molar-refractivity contribution in [3.63, 3.8) is 0 Å². The molecule has 6 nitrogen and oxygen atoms in total. The molecule has 3 N–H and O–H groups in total. The molecular formula is C13H17N3O3S2. The average Bonchev–Trinajstić information content (AvgIpc) is 2.93. The number of thiazole rings is 1. The van der Waals surface area contributed by atoms with Gasteiger partial charge in [0, 0.05) is 16.8 Å². The van der Waals surface area contributed by atoms with Gasteiger partial charge in [0.05, 0.1) is 13.7 Å². The zero-order valence-corrected chi connectivity index (χ0v) is 13.4. The molecule has 1 heterocycles. The number of nitrogens with one attached hydrogen (secondary N) is 1. The number of hydrogen-bond donors (Lipinski definition) is 2. The van der Waals surface area contributed by atoms with E-state index in [9.17, 15) is 8.42 Å². The lowest BCUT2D eigenvalue weighted by atomic mass is 10.3. The Hall–Kier alpha value is -1.64. The fraction of sp³-hybridized carbons (Fsp3) is 0.308. The molecule has 21 heavy (non-hydrogen) atoms. The Morgan fingerprint density at radius 1 is 1.43 bits per heavy atom. The van der Waals surface area contributed by atoms with Crippen molar-refractivity contribution in [1.82, 2.24) is 9.71 Å². The summed E-state index contributed by atoms with van der Waals surface area (Å²) < 4.78 is 32.3. The summed E-state index contributed by atoms with van der Waals surface area (Å²) in [4.78, 5) is 5.32. The quantitative estimate of drug-likeness (QED) is 0.789. The van der Waals surface area contributed by atoms with Crippen LogP contribution in [0, 0.1) is 0 Å². The molecule has 0 aliphatic carbocycles. The molecule has 0 saturated heterocycles. The van der Waals surface area contributed by atoms with Gasteiger partial charge >= 0.3 is 0 Å². The van der Waals surface area contributed by atoms with E-state index in [0.717, 1.165) is 16.3 Å². The lowest BCUT2D eigenvalue weighted by Crippen LogP contribution is -2.23. The van der Waals surface area contributed by atoms with E-state index in [1.54, 1.807) is 12.3 Å². The summed E-state index contributed by atoms with van der Waals surface area (Å²) in [5.74, 6) is 0.255. The van der Waals surface area contributed by atoms with Crippen molar-refractivity contribution in [3.8, 4) is 5.75 Å². The van der Waals surface area contributed by atoms with E-state index >= 15 is 0 Å². The van der Waals surface area contributed by atoms with Crippen molar-refractivity contribution >= 4 is 27.0 Å². The third-order valence-corrected chi connectivity index (χ3v) is 5.40. The van der Waals surface area contributed by atoms with Crippen molar-refractivity contribution < 1.29 is 13.2 Å². The van der Waals surface area contributed by atoms with Crippen LogP contribution in [0.15, 0.2) is 29.3 Å². The van der Waals surface area contributed by atoms with Gasteiger partial charge in [-0.3, -0.25) is 0 Å². The third kappa shape index (κ3) is 3.72. The van der Waals surface area contributed by atoms with Gasteiger partial charge in [-0.2, -0.15) is 0 Å². The van der Waals surface area contributed by atoms with E-state index < -0.39 is 10.0 Å². The summed E-state index contributed by atoms with van der Waals surface area (Å²) in [6.45, 7) is 2.17. The van der Waals surface area contributed by atoms with E-state index in [4.69, 9.17) is 10.5 Å². The van der Waals surface area contributed by atoms with E-state index in [1.165, 1.54) is 30.6 Å². The Morgan fingerprint density at radius 3 is 2.81 bits per heavy atom. The summed E-state index contributed by atoms with van der Waals surface area (Å²) >= 11 is 1.49. The minimum Gasteiger partial charge on any atom is -0.495 e. The lowest BCUT2D eigenvalue weighted by Gasteiger charge is -2.10. The zero-order chi connectivity index (χ0) is 15.5. The van der Waals surface area contributed by atoms with Crippen LogP contribution in [0.3, 0.4) is 0 Å². The van der Waals surface area contributed by atoms with Gasteiger partial charge in [-0.25, -0.2) is 18.1 Å². The van der Waals surface area contributed by atoms with Crippen LogP contribution in [-0.2, 0) is 23.0 Å². The van der Waals surface area contributed by atoms with Gasteiger partial charge in [0.2, 0.25) is 10.0 Å². The summed E-state index contributed by atoms with van der Waals surface area (Å²) in [6, 6.07) is 4.50. The van der Waals surface area contributed by atoms with Gasteiger partial charge in [0.1, 0.15) is 15.7 Å². The summed E-state index contributed by atoms with van der Waals surface area (Å²) in [5.41, 5.74) is 6.01. The van der Waals surface area contributed by atoms with Crippen molar-refractivity contribution in [2.75, 3.05) is 12.8 Å². The molecule has 2 aromatic rings. The second-order valence-electron chi connectivity index (χ2n) is 4.31. The van der Waals surface area contributed by atoms with Crippen LogP contribution in [0.25, 0.3) is 0 Å². The number of aryl methyl sites for hydroxylation is 1. The molecule has 0 fully saturated rings. The Kier molecular flexibility index (Phi) is 4.81. The highest BCUT2D eigenvalue weighted by molar-refractivity contribution is 7.89. The molecule has 8 heteroatoms. The zero-order valence-electron chi connectivity index (χ0n) is 11.8. The molecule has 0 amide bonds. The van der Waals surface area contributed by atoms with Gasteiger partial charge in [0.25, 0.3) is 0 Å². The van der Waals surface area contributed by atoms with Crippen molar-refractivity contribution in [3.05, 3.63) is 34.3 Å². The summed E-state index contributed by atoms with van der Waals surface area (Å²) in [6.07, 6.45) is 2.64. The molecule has 0 unspecified atom stereocenters. The molecule has 0 aliphatic rings. The van der Waals surface area contributed by atoms with Crippen LogP contribution in [0.1, 0.15) is 16.8 Å². The van der Waals surface area contributed by atoms with Gasteiger partial charge in [-0.15, -0.1) is 11.3 Å². The Labute approximate surface area is 128 Å². The minimum absolute atomic E-state index is 0.0253. The molecule has 0 atom stereocenters. The number of methoxy groups -OCH3 is 1. The molecule has 0 saturated carbocycles. The van der Waals surface area contributed by atoms with Crippen LogP contribution in [0.2, 0.25) is 0 Å². The molecule has 0 spiro atoms. The first-order valence-corrected chi connectivity index (χ1v) is 8.63. The molecule has 0 aliphatic heterocycles. The number of benzene rings is 1. The molecule has 1 aromatic carbocycles. The normalized spacial score (nSPS) is 11.5. The van der Waals surface area contributed by atoms with E-state index in [0.29, 0.717) is 5.69 Å². The third-order valence-electron chi connectivity index (χ3n) is 2.84. The maximum atomic E-state index is 12.3. The minimum atomic E-state index is -3.71. The SMILES string of the molecule is CCc1cnc(CNS(=O)(=O)c2cc(N)ccc2OC)s1. The van der Waals surface area contributed by atoms with Crippen LogP contribution < -0.4 is 15.2 Å². The lowest BCUT2D eigenvalue weighted by molar-refractivity contribution is 0.402. The Bertz CT molecular complexity index is 726. The maximum absolute atomic E-state index is 12.3. The summed E-state index contributed by atoms with van der Waals surface area (Å²) in [5, 5.41) is 0.721. The van der Waals surface area contributed by atoms with Gasteiger partial charge < -0.3 is 10.5 Å². The predicted octanol–water partition coefficient (Wildman–Crippen LogP) is 1.77. The standard InChI is InChI=1S/C13H17N3O3S2/c1-3-10-7-15-13(20-10)8-16-21(17,18)12-6-9(14)4-5-11(12)19-2/h4-7,16H,3,8,14H2,1-2H3. The Balaban J connectivity index is 2.20. The second-order valence-corrected chi connectivity index (χ2v) is 7.24. The maximum Gasteiger partial charge on any atom is 0.244 e. The molecule has 0 radical (unpaired) electrons.